The minimum absolute atomic E-state index is 0.177. The zero-order chi connectivity index (χ0) is 14.0. The predicted molar refractivity (Wildman–Crippen MR) is 82.0 cm³/mol. The maximum Gasteiger partial charge on any atom is 0.252 e. The first-order valence-electron chi connectivity index (χ1n) is 6.33. The molecule has 0 spiro atoms. The van der Waals surface area contributed by atoms with Gasteiger partial charge in [0.25, 0.3) is 10.0 Å². The van der Waals surface area contributed by atoms with Crippen molar-refractivity contribution >= 4 is 38.6 Å². The molecule has 0 atom stereocenters. The van der Waals surface area contributed by atoms with E-state index in [1.165, 1.54) is 11.3 Å². The monoisotopic (exact) mass is 318 g/mol. The van der Waals surface area contributed by atoms with Crippen molar-refractivity contribution < 1.29 is 8.42 Å². The number of piperidine rings is 1. The van der Waals surface area contributed by atoms with E-state index in [1.54, 1.807) is 10.4 Å². The first-order chi connectivity index (χ1) is 8.95. The van der Waals surface area contributed by atoms with E-state index in [4.69, 9.17) is 18.0 Å². The van der Waals surface area contributed by atoms with Gasteiger partial charge in [0.1, 0.15) is 4.21 Å². The summed E-state index contributed by atoms with van der Waals surface area (Å²) < 4.78 is 26.9. The van der Waals surface area contributed by atoms with E-state index in [9.17, 15) is 8.42 Å². The van der Waals surface area contributed by atoms with Crippen LogP contribution < -0.4 is 5.73 Å². The Morgan fingerprint density at radius 1 is 1.47 bits per heavy atom. The molecule has 1 fully saturated rings. The number of hydrogen-bond acceptors (Lipinski definition) is 4. The van der Waals surface area contributed by atoms with Crippen molar-refractivity contribution in [3.8, 4) is 0 Å². The van der Waals surface area contributed by atoms with E-state index < -0.39 is 10.0 Å². The van der Waals surface area contributed by atoms with Crippen molar-refractivity contribution in [1.82, 2.24) is 4.31 Å². The van der Waals surface area contributed by atoms with E-state index in [2.05, 4.69) is 0 Å². The van der Waals surface area contributed by atoms with Gasteiger partial charge in [0.15, 0.2) is 0 Å². The molecule has 1 aliphatic heterocycles. The van der Waals surface area contributed by atoms with Gasteiger partial charge in [-0.3, -0.25) is 0 Å². The van der Waals surface area contributed by atoms with E-state index >= 15 is 0 Å². The summed E-state index contributed by atoms with van der Waals surface area (Å²) in [7, 11) is -3.33. The first-order valence-corrected chi connectivity index (χ1v) is 8.99. The van der Waals surface area contributed by atoms with Crippen LogP contribution in [0.1, 0.15) is 24.6 Å². The minimum Gasteiger partial charge on any atom is -0.393 e. The number of nitrogens with zero attached hydrogens (tertiary/aromatic N) is 1. The van der Waals surface area contributed by atoms with Crippen LogP contribution in [0.2, 0.25) is 0 Å². The highest BCUT2D eigenvalue weighted by atomic mass is 32.2. The van der Waals surface area contributed by atoms with Gasteiger partial charge in [0, 0.05) is 23.9 Å². The summed E-state index contributed by atoms with van der Waals surface area (Å²) in [5.74, 6) is 0.177. The van der Waals surface area contributed by atoms with Crippen molar-refractivity contribution in [1.29, 1.82) is 0 Å². The molecule has 0 radical (unpaired) electrons. The normalized spacial score (nSPS) is 18.6. The highest BCUT2D eigenvalue weighted by Crippen LogP contribution is 2.28. The summed E-state index contributed by atoms with van der Waals surface area (Å²) >= 11 is 6.33. The summed E-state index contributed by atoms with van der Waals surface area (Å²) in [5.41, 5.74) is 5.62. The quantitative estimate of drug-likeness (QED) is 0.863. The first kappa shape index (κ1) is 14.9. The van der Waals surface area contributed by atoms with E-state index in [0.29, 0.717) is 22.3 Å². The predicted octanol–water partition coefficient (Wildman–Crippen LogP) is 2.00. The lowest BCUT2D eigenvalue weighted by atomic mass is 9.98. The molecule has 2 rings (SSSR count). The number of hydrogen-bond donors (Lipinski definition) is 1. The molecule has 0 saturated carbocycles. The third kappa shape index (κ3) is 3.16. The molecule has 1 saturated heterocycles. The summed E-state index contributed by atoms with van der Waals surface area (Å²) in [5, 5.41) is 0. The number of nitrogens with two attached hydrogens (primary N) is 1. The van der Waals surface area contributed by atoms with Crippen molar-refractivity contribution in [3.05, 3.63) is 17.0 Å². The molecule has 0 unspecified atom stereocenters. The smallest absolute Gasteiger partial charge is 0.252 e. The minimum atomic E-state index is -3.33. The zero-order valence-electron chi connectivity index (χ0n) is 10.8. The molecule has 1 aromatic rings. The van der Waals surface area contributed by atoms with Gasteiger partial charge in [0.2, 0.25) is 0 Å². The second-order valence-corrected chi connectivity index (χ2v) is 8.46. The van der Waals surface area contributed by atoms with Crippen LogP contribution >= 0.6 is 23.6 Å². The lowest BCUT2D eigenvalue weighted by Gasteiger charge is -2.30. The van der Waals surface area contributed by atoms with Crippen LogP contribution in [0.15, 0.2) is 16.3 Å². The molecule has 4 nitrogen and oxygen atoms in total. The highest BCUT2D eigenvalue weighted by Gasteiger charge is 2.31. The third-order valence-electron chi connectivity index (χ3n) is 3.44. The molecule has 0 aromatic carbocycles. The molecule has 7 heteroatoms. The maximum atomic E-state index is 12.5. The number of sulfonamides is 1. The molecule has 2 N–H and O–H groups in total. The fourth-order valence-corrected chi connectivity index (χ4v) is 5.35. The largest absolute Gasteiger partial charge is 0.393 e. The van der Waals surface area contributed by atoms with E-state index in [-0.39, 0.29) is 5.92 Å². The summed E-state index contributed by atoms with van der Waals surface area (Å²) in [6.07, 6.45) is 2.31. The topological polar surface area (TPSA) is 63.4 Å². The highest BCUT2D eigenvalue weighted by molar-refractivity contribution is 7.91. The molecule has 106 valence electrons. The van der Waals surface area contributed by atoms with E-state index in [0.717, 1.165) is 24.1 Å². The van der Waals surface area contributed by atoms with Crippen LogP contribution in [0.3, 0.4) is 0 Å². The molecule has 0 amide bonds. The van der Waals surface area contributed by atoms with Gasteiger partial charge in [0.05, 0.1) is 4.99 Å². The standard InChI is InChI=1S/C12H18N2O2S3/c1-2-10-3-4-11(18-10)19(15,16)14-7-5-9(6-8-14)12(13)17/h3-4,9H,2,5-8H2,1H3,(H2,13,17). The SMILES string of the molecule is CCc1ccc(S(=O)(=O)N2CCC(C(N)=S)CC2)s1. The van der Waals surface area contributed by atoms with Gasteiger partial charge >= 0.3 is 0 Å². The fraction of sp³-hybridized carbons (Fsp3) is 0.583. The molecular formula is C12H18N2O2S3. The number of thiocarbonyl (C=S) groups is 1. The Bertz CT molecular complexity index is 557. The van der Waals surface area contributed by atoms with E-state index in [1.807, 2.05) is 13.0 Å². The molecular weight excluding hydrogens is 300 g/mol. The third-order valence-corrected chi connectivity index (χ3v) is 7.36. The summed E-state index contributed by atoms with van der Waals surface area (Å²) in [6, 6.07) is 3.60. The van der Waals surface area contributed by atoms with Gasteiger partial charge in [-0.1, -0.05) is 19.1 Å². The summed E-state index contributed by atoms with van der Waals surface area (Å²) in [6.45, 7) is 3.03. The van der Waals surface area contributed by atoms with Gasteiger partial charge in [-0.25, -0.2) is 8.42 Å². The lowest BCUT2D eigenvalue weighted by Crippen LogP contribution is -2.41. The van der Waals surface area contributed by atoms with Crippen molar-refractivity contribution in [2.45, 2.75) is 30.4 Å². The fourth-order valence-electron chi connectivity index (χ4n) is 2.19. The van der Waals surface area contributed by atoms with Crippen LogP contribution in [-0.4, -0.2) is 30.8 Å². The van der Waals surface area contributed by atoms with Crippen molar-refractivity contribution in [2.75, 3.05) is 13.1 Å². The van der Waals surface area contributed by atoms with Gasteiger partial charge in [-0.15, -0.1) is 11.3 Å². The second kappa shape index (κ2) is 5.87. The van der Waals surface area contributed by atoms with Gasteiger partial charge in [-0.05, 0) is 31.4 Å². The van der Waals surface area contributed by atoms with Gasteiger partial charge < -0.3 is 5.73 Å². The number of aryl methyl sites for hydroxylation is 1. The molecule has 0 bridgehead atoms. The maximum absolute atomic E-state index is 12.5. The van der Waals surface area contributed by atoms with Crippen molar-refractivity contribution in [2.24, 2.45) is 11.7 Å². The Morgan fingerprint density at radius 3 is 2.58 bits per heavy atom. The molecule has 0 aliphatic carbocycles. The Morgan fingerprint density at radius 2 is 2.11 bits per heavy atom. The Balaban J connectivity index is 2.11. The zero-order valence-corrected chi connectivity index (χ0v) is 13.3. The van der Waals surface area contributed by atoms with Crippen LogP contribution in [-0.2, 0) is 16.4 Å². The Labute approximate surface area is 123 Å². The summed E-state index contributed by atoms with van der Waals surface area (Å²) in [4.78, 5) is 1.60. The van der Waals surface area contributed by atoms with Crippen LogP contribution in [0.25, 0.3) is 0 Å². The number of rotatable bonds is 4. The van der Waals surface area contributed by atoms with Gasteiger partial charge in [-0.2, -0.15) is 4.31 Å². The lowest BCUT2D eigenvalue weighted by molar-refractivity contribution is 0.317. The molecule has 1 aliphatic rings. The average molecular weight is 318 g/mol. The van der Waals surface area contributed by atoms with Crippen LogP contribution in [0.5, 0.6) is 0 Å². The molecule has 19 heavy (non-hydrogen) atoms. The number of thiophene rings is 1. The Hall–Kier alpha value is -0.500. The van der Waals surface area contributed by atoms with Crippen molar-refractivity contribution in [3.63, 3.8) is 0 Å². The van der Waals surface area contributed by atoms with Crippen LogP contribution in [0.4, 0.5) is 0 Å². The molecule has 1 aromatic heterocycles. The average Bonchev–Trinajstić information content (AvgIpc) is 2.88. The molecule has 2 heterocycles. The van der Waals surface area contributed by atoms with Crippen LogP contribution in [0, 0.1) is 5.92 Å². The Kier molecular flexibility index (Phi) is 4.60. The second-order valence-electron chi connectivity index (χ2n) is 4.66.